The third-order valence-electron chi connectivity index (χ3n) is 2.03. The van der Waals surface area contributed by atoms with E-state index in [4.69, 9.17) is 0 Å². The van der Waals surface area contributed by atoms with Crippen molar-refractivity contribution in [2.24, 2.45) is 0 Å². The molecule has 0 spiro atoms. The maximum atomic E-state index is 11.0. The highest BCUT2D eigenvalue weighted by Crippen LogP contribution is 2.09. The maximum Gasteiger partial charge on any atom is 0.209 e. The van der Waals surface area contributed by atoms with Gasteiger partial charge in [-0.25, -0.2) is 27.8 Å². The summed E-state index contributed by atoms with van der Waals surface area (Å²) in [7, 11) is -3.23. The summed E-state index contributed by atoms with van der Waals surface area (Å²) in [6.45, 7) is 0.169. The normalized spacial score (nSPS) is 11.6. The summed E-state index contributed by atoms with van der Waals surface area (Å²) in [6, 6.07) is 3.52. The summed E-state index contributed by atoms with van der Waals surface area (Å²) in [5.74, 6) is 0.557. The van der Waals surface area contributed by atoms with Crippen molar-refractivity contribution < 1.29 is 8.42 Å². The summed E-state index contributed by atoms with van der Waals surface area (Å²) in [6.07, 6.45) is 5.62. The quantitative estimate of drug-likeness (QED) is 0.808. The second kappa shape index (κ2) is 4.60. The predicted octanol–water partition coefficient (Wildman–Crippen LogP) is -0.289. The minimum atomic E-state index is -3.23. The van der Waals surface area contributed by atoms with Gasteiger partial charge in [-0.3, -0.25) is 0 Å². The number of nitrogens with zero attached hydrogens (tertiary/aromatic N) is 4. The third kappa shape index (κ3) is 3.08. The van der Waals surface area contributed by atoms with Gasteiger partial charge in [0.25, 0.3) is 0 Å². The molecule has 0 fully saturated rings. The lowest BCUT2D eigenvalue weighted by Gasteiger charge is -2.07. The molecule has 0 radical (unpaired) electrons. The topological polar surface area (TPSA) is 89.8 Å². The van der Waals surface area contributed by atoms with Gasteiger partial charge in [0.15, 0.2) is 5.82 Å². The standard InChI is InChI=1S/C9H11N5O2S/c1-17(15,16)13-5-8-3-2-4-11-9(8)14-7-10-6-12-14/h2-4,6-7,13H,5H2,1H3. The first-order chi connectivity index (χ1) is 8.06. The number of nitrogens with one attached hydrogen (secondary N) is 1. The van der Waals surface area contributed by atoms with Crippen molar-refractivity contribution in [2.45, 2.75) is 6.54 Å². The molecular formula is C9H11N5O2S. The lowest BCUT2D eigenvalue weighted by atomic mass is 10.2. The molecule has 0 aliphatic rings. The zero-order valence-electron chi connectivity index (χ0n) is 9.11. The lowest BCUT2D eigenvalue weighted by molar-refractivity contribution is 0.587. The van der Waals surface area contributed by atoms with Crippen molar-refractivity contribution in [3.63, 3.8) is 0 Å². The van der Waals surface area contributed by atoms with E-state index in [0.717, 1.165) is 11.8 Å². The van der Waals surface area contributed by atoms with Crippen LogP contribution in [0.4, 0.5) is 0 Å². The van der Waals surface area contributed by atoms with Crippen molar-refractivity contribution in [3.8, 4) is 5.82 Å². The molecule has 0 aliphatic carbocycles. The highest BCUT2D eigenvalue weighted by Gasteiger charge is 2.08. The molecule has 2 rings (SSSR count). The largest absolute Gasteiger partial charge is 0.237 e. The second-order valence-electron chi connectivity index (χ2n) is 3.42. The number of pyridine rings is 1. The van der Waals surface area contributed by atoms with Gasteiger partial charge in [-0.15, -0.1) is 0 Å². The first kappa shape index (κ1) is 11.7. The van der Waals surface area contributed by atoms with Crippen molar-refractivity contribution in [1.82, 2.24) is 24.5 Å². The Morgan fingerprint density at radius 3 is 2.94 bits per heavy atom. The second-order valence-corrected chi connectivity index (χ2v) is 5.25. The highest BCUT2D eigenvalue weighted by atomic mass is 32.2. The molecule has 1 N–H and O–H groups in total. The monoisotopic (exact) mass is 253 g/mol. The molecule has 0 amide bonds. The minimum Gasteiger partial charge on any atom is -0.237 e. The minimum absolute atomic E-state index is 0.169. The van der Waals surface area contributed by atoms with Crippen LogP contribution in [0.5, 0.6) is 0 Å². The molecule has 0 unspecified atom stereocenters. The van der Waals surface area contributed by atoms with E-state index in [1.165, 1.54) is 17.3 Å². The molecule has 0 aromatic carbocycles. The first-order valence-electron chi connectivity index (χ1n) is 4.80. The Morgan fingerprint density at radius 1 is 1.47 bits per heavy atom. The SMILES string of the molecule is CS(=O)(=O)NCc1cccnc1-n1cncn1. The third-order valence-corrected chi connectivity index (χ3v) is 2.70. The van der Waals surface area contributed by atoms with Crippen molar-refractivity contribution in [1.29, 1.82) is 0 Å². The van der Waals surface area contributed by atoms with E-state index in [0.29, 0.717) is 5.82 Å². The Balaban J connectivity index is 2.29. The molecule has 90 valence electrons. The fourth-order valence-corrected chi connectivity index (χ4v) is 1.72. The number of sulfonamides is 1. The van der Waals surface area contributed by atoms with E-state index in [1.807, 2.05) is 0 Å². The summed E-state index contributed by atoms with van der Waals surface area (Å²) in [5.41, 5.74) is 0.725. The van der Waals surface area contributed by atoms with Gasteiger partial charge in [-0.05, 0) is 6.07 Å². The average molecular weight is 253 g/mol. The van der Waals surface area contributed by atoms with Gasteiger partial charge in [0.05, 0.1) is 6.26 Å². The molecule has 2 aromatic heterocycles. The molecule has 0 saturated carbocycles. The number of hydrogen-bond acceptors (Lipinski definition) is 5. The summed E-state index contributed by atoms with van der Waals surface area (Å²) < 4.78 is 26.0. The fraction of sp³-hybridized carbons (Fsp3) is 0.222. The van der Waals surface area contributed by atoms with Gasteiger partial charge in [0, 0.05) is 18.3 Å². The van der Waals surface area contributed by atoms with Crippen molar-refractivity contribution in [3.05, 3.63) is 36.5 Å². The van der Waals surface area contributed by atoms with Gasteiger partial charge in [-0.1, -0.05) is 6.07 Å². The Bertz CT molecular complexity index is 594. The van der Waals surface area contributed by atoms with Crippen LogP contribution in [0.2, 0.25) is 0 Å². The first-order valence-corrected chi connectivity index (χ1v) is 6.69. The van der Waals surface area contributed by atoms with Crippen LogP contribution in [0, 0.1) is 0 Å². The van der Waals surface area contributed by atoms with E-state index in [-0.39, 0.29) is 6.54 Å². The van der Waals surface area contributed by atoms with Gasteiger partial charge in [0.2, 0.25) is 10.0 Å². The molecule has 0 saturated heterocycles. The van der Waals surface area contributed by atoms with E-state index >= 15 is 0 Å². The molecule has 2 heterocycles. The highest BCUT2D eigenvalue weighted by molar-refractivity contribution is 7.88. The van der Waals surface area contributed by atoms with Gasteiger partial charge < -0.3 is 0 Å². The molecule has 0 atom stereocenters. The number of hydrogen-bond donors (Lipinski definition) is 1. The van der Waals surface area contributed by atoms with Crippen LogP contribution in [0.15, 0.2) is 31.0 Å². The zero-order chi connectivity index (χ0) is 12.3. The van der Waals surface area contributed by atoms with Crippen LogP contribution >= 0.6 is 0 Å². The molecule has 17 heavy (non-hydrogen) atoms. The average Bonchev–Trinajstić information content (AvgIpc) is 2.79. The Kier molecular flexibility index (Phi) is 3.16. The predicted molar refractivity (Wildman–Crippen MR) is 60.8 cm³/mol. The van der Waals surface area contributed by atoms with E-state index in [9.17, 15) is 8.42 Å². The molecule has 0 aliphatic heterocycles. The Hall–Kier alpha value is -1.80. The lowest BCUT2D eigenvalue weighted by Crippen LogP contribution is -2.22. The molecule has 0 bridgehead atoms. The van der Waals surface area contributed by atoms with Crippen LogP contribution < -0.4 is 4.72 Å². The fourth-order valence-electron chi connectivity index (χ4n) is 1.30. The van der Waals surface area contributed by atoms with Gasteiger partial charge in [-0.2, -0.15) is 5.10 Å². The van der Waals surface area contributed by atoms with Gasteiger partial charge >= 0.3 is 0 Å². The molecular weight excluding hydrogens is 242 g/mol. The molecule has 2 aromatic rings. The Morgan fingerprint density at radius 2 is 2.29 bits per heavy atom. The van der Waals surface area contributed by atoms with Crippen LogP contribution in [0.25, 0.3) is 5.82 Å². The molecule has 7 nitrogen and oxygen atoms in total. The number of aromatic nitrogens is 4. The maximum absolute atomic E-state index is 11.0. The van der Waals surface area contributed by atoms with Crippen LogP contribution in [-0.2, 0) is 16.6 Å². The molecule has 8 heteroatoms. The van der Waals surface area contributed by atoms with E-state index in [2.05, 4.69) is 19.8 Å². The zero-order valence-corrected chi connectivity index (χ0v) is 9.92. The van der Waals surface area contributed by atoms with E-state index in [1.54, 1.807) is 18.3 Å². The summed E-state index contributed by atoms with van der Waals surface area (Å²) >= 11 is 0. The van der Waals surface area contributed by atoms with E-state index < -0.39 is 10.0 Å². The van der Waals surface area contributed by atoms with Crippen LogP contribution in [0.3, 0.4) is 0 Å². The summed E-state index contributed by atoms with van der Waals surface area (Å²) in [5, 5.41) is 3.96. The number of rotatable bonds is 4. The van der Waals surface area contributed by atoms with Gasteiger partial charge in [0.1, 0.15) is 12.7 Å². The van der Waals surface area contributed by atoms with Crippen molar-refractivity contribution >= 4 is 10.0 Å². The van der Waals surface area contributed by atoms with Crippen LogP contribution in [-0.4, -0.2) is 34.4 Å². The summed E-state index contributed by atoms with van der Waals surface area (Å²) in [4.78, 5) is 7.97. The van der Waals surface area contributed by atoms with Crippen molar-refractivity contribution in [2.75, 3.05) is 6.26 Å². The van der Waals surface area contributed by atoms with Crippen LogP contribution in [0.1, 0.15) is 5.56 Å². The smallest absolute Gasteiger partial charge is 0.209 e. The Labute approximate surface area is 98.6 Å².